The molecule has 1 atom stereocenters. The zero-order valence-corrected chi connectivity index (χ0v) is 11.0. The smallest absolute Gasteiger partial charge is 0.431 e. The van der Waals surface area contributed by atoms with Crippen molar-refractivity contribution in [3.05, 3.63) is 0 Å². The third kappa shape index (κ3) is 5.37. The Morgan fingerprint density at radius 3 is 2.47 bits per heavy atom. The summed E-state index contributed by atoms with van der Waals surface area (Å²) in [5.74, 6) is 0.454. The van der Waals surface area contributed by atoms with Crippen LogP contribution in [-0.2, 0) is 9.57 Å². The van der Waals surface area contributed by atoms with Crippen LogP contribution in [-0.4, -0.2) is 24.3 Å². The SMILES string of the molecule is CC(C)(C)OC(=O)NOC(CN)C1CCCC1. The van der Waals surface area contributed by atoms with Gasteiger partial charge < -0.3 is 10.5 Å². The highest BCUT2D eigenvalue weighted by atomic mass is 16.7. The van der Waals surface area contributed by atoms with E-state index < -0.39 is 11.7 Å². The molecule has 5 heteroatoms. The van der Waals surface area contributed by atoms with Gasteiger partial charge in [-0.3, -0.25) is 4.84 Å². The molecule has 1 amide bonds. The van der Waals surface area contributed by atoms with E-state index in [1.165, 1.54) is 12.8 Å². The summed E-state index contributed by atoms with van der Waals surface area (Å²) in [6.45, 7) is 5.85. The van der Waals surface area contributed by atoms with E-state index in [9.17, 15) is 4.79 Å². The summed E-state index contributed by atoms with van der Waals surface area (Å²) in [4.78, 5) is 16.7. The number of hydrogen-bond acceptors (Lipinski definition) is 4. The van der Waals surface area contributed by atoms with Gasteiger partial charge in [-0.15, -0.1) is 0 Å². The van der Waals surface area contributed by atoms with Crippen molar-refractivity contribution in [2.75, 3.05) is 6.54 Å². The monoisotopic (exact) mass is 244 g/mol. The lowest BCUT2D eigenvalue weighted by atomic mass is 10.0. The molecule has 1 aliphatic rings. The van der Waals surface area contributed by atoms with Gasteiger partial charge in [-0.25, -0.2) is 4.79 Å². The number of nitrogens with one attached hydrogen (secondary N) is 1. The number of hydroxylamine groups is 1. The van der Waals surface area contributed by atoms with E-state index in [2.05, 4.69) is 5.48 Å². The predicted octanol–water partition coefficient (Wildman–Crippen LogP) is 1.96. The largest absolute Gasteiger partial charge is 0.442 e. The lowest BCUT2D eigenvalue weighted by Gasteiger charge is -2.24. The first kappa shape index (κ1) is 14.3. The highest BCUT2D eigenvalue weighted by Crippen LogP contribution is 2.28. The van der Waals surface area contributed by atoms with Crippen LogP contribution in [0, 0.1) is 5.92 Å². The summed E-state index contributed by atoms with van der Waals surface area (Å²) >= 11 is 0. The lowest BCUT2D eigenvalue weighted by Crippen LogP contribution is -2.40. The molecule has 0 aromatic carbocycles. The molecule has 1 rings (SSSR count). The van der Waals surface area contributed by atoms with Crippen LogP contribution in [0.3, 0.4) is 0 Å². The summed E-state index contributed by atoms with van der Waals surface area (Å²) < 4.78 is 5.08. The number of rotatable bonds is 4. The minimum Gasteiger partial charge on any atom is -0.442 e. The zero-order chi connectivity index (χ0) is 12.9. The fraction of sp³-hybridized carbons (Fsp3) is 0.917. The normalized spacial score (nSPS) is 19.1. The van der Waals surface area contributed by atoms with Gasteiger partial charge in [-0.2, -0.15) is 5.48 Å². The third-order valence-electron chi connectivity index (χ3n) is 2.85. The van der Waals surface area contributed by atoms with Gasteiger partial charge in [-0.05, 0) is 39.5 Å². The number of amides is 1. The van der Waals surface area contributed by atoms with Crippen molar-refractivity contribution >= 4 is 6.09 Å². The molecular formula is C12H24N2O3. The molecule has 0 aliphatic heterocycles. The van der Waals surface area contributed by atoms with Gasteiger partial charge in [-0.1, -0.05) is 12.8 Å². The Labute approximate surface area is 103 Å². The summed E-state index contributed by atoms with van der Waals surface area (Å²) in [6.07, 6.45) is 4.02. The first-order valence-electron chi connectivity index (χ1n) is 6.27. The van der Waals surface area contributed by atoms with Crippen molar-refractivity contribution in [3.8, 4) is 0 Å². The minimum atomic E-state index is -0.561. The molecule has 1 unspecified atom stereocenters. The number of carbonyl (C=O) groups excluding carboxylic acids is 1. The fourth-order valence-corrected chi connectivity index (χ4v) is 2.09. The maximum absolute atomic E-state index is 11.4. The molecule has 5 nitrogen and oxygen atoms in total. The maximum atomic E-state index is 11.4. The lowest BCUT2D eigenvalue weighted by molar-refractivity contribution is -0.0582. The number of ether oxygens (including phenoxy) is 1. The molecular weight excluding hydrogens is 220 g/mol. The number of carbonyl (C=O) groups is 1. The standard InChI is InChI=1S/C12H24N2O3/c1-12(2,3)16-11(15)14-17-10(8-13)9-6-4-5-7-9/h9-10H,4-8,13H2,1-3H3,(H,14,15). The molecule has 3 N–H and O–H groups in total. The van der Waals surface area contributed by atoms with Crippen LogP contribution in [0.1, 0.15) is 46.5 Å². The molecule has 100 valence electrons. The summed E-state index contributed by atoms with van der Waals surface area (Å²) in [5.41, 5.74) is 7.46. The van der Waals surface area contributed by atoms with Gasteiger partial charge in [0.05, 0.1) is 0 Å². The molecule has 0 aromatic heterocycles. The van der Waals surface area contributed by atoms with Crippen LogP contribution in [0.5, 0.6) is 0 Å². The van der Waals surface area contributed by atoms with Crippen molar-refractivity contribution in [2.24, 2.45) is 11.7 Å². The second-order valence-corrected chi connectivity index (χ2v) is 5.54. The van der Waals surface area contributed by atoms with Crippen LogP contribution >= 0.6 is 0 Å². The van der Waals surface area contributed by atoms with Crippen molar-refractivity contribution in [1.82, 2.24) is 5.48 Å². The molecule has 0 aromatic rings. The van der Waals surface area contributed by atoms with Crippen LogP contribution in [0.4, 0.5) is 4.79 Å². The Kier molecular flexibility index (Phi) is 5.21. The highest BCUT2D eigenvalue weighted by Gasteiger charge is 2.26. The first-order valence-corrected chi connectivity index (χ1v) is 6.27. The van der Waals surface area contributed by atoms with Gasteiger partial charge in [0.2, 0.25) is 0 Å². The zero-order valence-electron chi connectivity index (χ0n) is 11.0. The number of nitrogens with two attached hydrogens (primary N) is 1. The molecule has 0 heterocycles. The van der Waals surface area contributed by atoms with E-state index in [0.717, 1.165) is 12.8 Å². The minimum absolute atomic E-state index is 0.106. The molecule has 1 saturated carbocycles. The van der Waals surface area contributed by atoms with Gasteiger partial charge in [0, 0.05) is 6.54 Å². The summed E-state index contributed by atoms with van der Waals surface area (Å²) in [5, 5.41) is 0. The average Bonchev–Trinajstić information content (AvgIpc) is 2.69. The molecule has 1 aliphatic carbocycles. The Morgan fingerprint density at radius 2 is 2.00 bits per heavy atom. The van der Waals surface area contributed by atoms with Crippen LogP contribution in [0.2, 0.25) is 0 Å². The molecule has 17 heavy (non-hydrogen) atoms. The second kappa shape index (κ2) is 6.21. The Morgan fingerprint density at radius 1 is 1.41 bits per heavy atom. The Bertz CT molecular complexity index is 245. The average molecular weight is 244 g/mol. The van der Waals surface area contributed by atoms with Crippen LogP contribution < -0.4 is 11.2 Å². The topological polar surface area (TPSA) is 73.6 Å². The summed E-state index contributed by atoms with van der Waals surface area (Å²) in [6, 6.07) is 0. The van der Waals surface area contributed by atoms with Crippen molar-refractivity contribution < 1.29 is 14.4 Å². The van der Waals surface area contributed by atoms with Gasteiger partial charge in [0.15, 0.2) is 0 Å². The van der Waals surface area contributed by atoms with Crippen LogP contribution in [0.15, 0.2) is 0 Å². The Balaban J connectivity index is 2.29. The second-order valence-electron chi connectivity index (χ2n) is 5.54. The quantitative estimate of drug-likeness (QED) is 0.741. The van der Waals surface area contributed by atoms with E-state index in [4.69, 9.17) is 15.3 Å². The van der Waals surface area contributed by atoms with E-state index in [-0.39, 0.29) is 6.10 Å². The highest BCUT2D eigenvalue weighted by molar-refractivity contribution is 5.66. The fourth-order valence-electron chi connectivity index (χ4n) is 2.09. The van der Waals surface area contributed by atoms with Gasteiger partial charge in [0.25, 0.3) is 0 Å². The first-order chi connectivity index (χ1) is 7.92. The number of hydrogen-bond donors (Lipinski definition) is 2. The van der Waals surface area contributed by atoms with Crippen molar-refractivity contribution in [1.29, 1.82) is 0 Å². The van der Waals surface area contributed by atoms with Crippen LogP contribution in [0.25, 0.3) is 0 Å². The maximum Gasteiger partial charge on any atom is 0.431 e. The van der Waals surface area contributed by atoms with E-state index >= 15 is 0 Å². The van der Waals surface area contributed by atoms with E-state index in [1.54, 1.807) is 0 Å². The van der Waals surface area contributed by atoms with E-state index in [0.29, 0.717) is 12.5 Å². The van der Waals surface area contributed by atoms with E-state index in [1.807, 2.05) is 20.8 Å². The molecule has 0 saturated heterocycles. The van der Waals surface area contributed by atoms with Crippen molar-refractivity contribution in [2.45, 2.75) is 58.2 Å². The van der Waals surface area contributed by atoms with Crippen molar-refractivity contribution in [3.63, 3.8) is 0 Å². The summed E-state index contributed by atoms with van der Waals surface area (Å²) in [7, 11) is 0. The molecule has 0 radical (unpaired) electrons. The molecule has 0 spiro atoms. The Hall–Kier alpha value is -0.810. The predicted molar refractivity (Wildman–Crippen MR) is 65.3 cm³/mol. The molecule has 0 bridgehead atoms. The molecule has 1 fully saturated rings. The van der Waals surface area contributed by atoms with Gasteiger partial charge >= 0.3 is 6.09 Å². The third-order valence-corrected chi connectivity index (χ3v) is 2.85. The van der Waals surface area contributed by atoms with Gasteiger partial charge in [0.1, 0.15) is 11.7 Å².